The van der Waals surface area contributed by atoms with Crippen molar-refractivity contribution in [1.82, 2.24) is 14.9 Å². The zero-order chi connectivity index (χ0) is 20.2. The van der Waals surface area contributed by atoms with Crippen LogP contribution in [0, 0.1) is 0 Å². The molecule has 29 heavy (non-hydrogen) atoms. The van der Waals surface area contributed by atoms with Crippen molar-refractivity contribution in [3.63, 3.8) is 0 Å². The molecule has 1 N–H and O–H groups in total. The molecular formula is C23H21N3O3. The first-order chi connectivity index (χ1) is 14.1. The molecule has 0 saturated carbocycles. The second-order valence-electron chi connectivity index (χ2n) is 6.91. The molecule has 0 radical (unpaired) electrons. The van der Waals surface area contributed by atoms with Gasteiger partial charge in [-0.15, -0.1) is 0 Å². The molecule has 0 spiro atoms. The fourth-order valence-corrected chi connectivity index (χ4v) is 3.21. The number of rotatable bonds is 6. The summed E-state index contributed by atoms with van der Waals surface area (Å²) in [4.78, 5) is 33.4. The second-order valence-corrected chi connectivity index (χ2v) is 6.91. The van der Waals surface area contributed by atoms with E-state index in [4.69, 9.17) is 4.42 Å². The van der Waals surface area contributed by atoms with Gasteiger partial charge in [0.05, 0.1) is 17.4 Å². The van der Waals surface area contributed by atoms with Gasteiger partial charge >= 0.3 is 0 Å². The molecule has 4 aromatic rings. The fourth-order valence-electron chi connectivity index (χ4n) is 3.21. The molecule has 0 saturated heterocycles. The molecular weight excluding hydrogens is 366 g/mol. The van der Waals surface area contributed by atoms with Gasteiger partial charge in [0.15, 0.2) is 0 Å². The molecule has 0 aliphatic carbocycles. The zero-order valence-corrected chi connectivity index (χ0v) is 16.1. The van der Waals surface area contributed by atoms with Crippen molar-refractivity contribution in [1.29, 1.82) is 0 Å². The molecule has 0 atom stereocenters. The Morgan fingerprint density at radius 2 is 1.79 bits per heavy atom. The van der Waals surface area contributed by atoms with Crippen LogP contribution in [0.5, 0.6) is 0 Å². The highest BCUT2D eigenvalue weighted by Gasteiger charge is 2.13. The summed E-state index contributed by atoms with van der Waals surface area (Å²) in [5.74, 6) is 1.98. The average molecular weight is 387 g/mol. The lowest BCUT2D eigenvalue weighted by Gasteiger charge is -2.16. The molecule has 0 bridgehead atoms. The van der Waals surface area contributed by atoms with Crippen molar-refractivity contribution in [3.05, 3.63) is 88.7 Å². The van der Waals surface area contributed by atoms with Gasteiger partial charge in [0.2, 0.25) is 5.91 Å². The number of hydrogen-bond acceptors (Lipinski definition) is 4. The van der Waals surface area contributed by atoms with Crippen LogP contribution in [-0.2, 0) is 17.8 Å². The number of furan rings is 1. The summed E-state index contributed by atoms with van der Waals surface area (Å²) in [5.41, 5.74) is 1.43. The van der Waals surface area contributed by atoms with E-state index in [9.17, 15) is 9.59 Å². The number of para-hydroxylation sites is 1. The molecule has 2 aromatic heterocycles. The van der Waals surface area contributed by atoms with Crippen LogP contribution in [0.25, 0.3) is 22.2 Å². The van der Waals surface area contributed by atoms with E-state index < -0.39 is 0 Å². The minimum atomic E-state index is -0.199. The molecule has 0 fully saturated rings. The number of nitrogens with zero attached hydrogens (tertiary/aromatic N) is 2. The van der Waals surface area contributed by atoms with Gasteiger partial charge in [-0.3, -0.25) is 9.59 Å². The number of aromatic nitrogens is 2. The third-order valence-electron chi connectivity index (χ3n) is 4.78. The third-order valence-corrected chi connectivity index (χ3v) is 4.78. The molecule has 2 heterocycles. The largest absolute Gasteiger partial charge is 0.461 e. The predicted octanol–water partition coefficient (Wildman–Crippen LogP) is 3.77. The maximum absolute atomic E-state index is 12.5. The van der Waals surface area contributed by atoms with Gasteiger partial charge < -0.3 is 14.3 Å². The van der Waals surface area contributed by atoms with Crippen LogP contribution < -0.4 is 5.56 Å². The lowest BCUT2D eigenvalue weighted by molar-refractivity contribution is -0.130. The van der Waals surface area contributed by atoms with Gasteiger partial charge in [-0.25, -0.2) is 4.98 Å². The zero-order valence-electron chi connectivity index (χ0n) is 16.1. The predicted molar refractivity (Wildman–Crippen MR) is 111 cm³/mol. The number of aromatic amines is 1. The van der Waals surface area contributed by atoms with Crippen LogP contribution in [0.4, 0.5) is 0 Å². The smallest absolute Gasteiger partial charge is 0.258 e. The topological polar surface area (TPSA) is 79.2 Å². The van der Waals surface area contributed by atoms with Crippen molar-refractivity contribution in [2.75, 3.05) is 7.05 Å². The van der Waals surface area contributed by atoms with E-state index in [1.807, 2.05) is 48.5 Å². The average Bonchev–Trinajstić information content (AvgIpc) is 3.22. The normalized spacial score (nSPS) is 10.9. The molecule has 0 aliphatic rings. The Morgan fingerprint density at radius 1 is 1.03 bits per heavy atom. The Labute approximate surface area is 167 Å². The van der Waals surface area contributed by atoms with Gasteiger partial charge in [0.1, 0.15) is 17.3 Å². The number of hydrogen-bond donors (Lipinski definition) is 1. The minimum Gasteiger partial charge on any atom is -0.461 e. The minimum absolute atomic E-state index is 0.0431. The number of carbonyl (C=O) groups is 1. The van der Waals surface area contributed by atoms with Crippen molar-refractivity contribution in [3.8, 4) is 11.3 Å². The molecule has 4 rings (SSSR count). The summed E-state index contributed by atoms with van der Waals surface area (Å²) in [6, 6.07) is 20.8. The Bertz CT molecular complexity index is 1190. The first-order valence-electron chi connectivity index (χ1n) is 9.46. The number of H-pyrrole nitrogens is 1. The first-order valence-corrected chi connectivity index (χ1v) is 9.46. The summed E-state index contributed by atoms with van der Waals surface area (Å²) in [7, 11) is 1.70. The standard InChI is InChI=1S/C23H21N3O3/c1-26(15-21-24-19-10-6-5-9-18(19)23(28)25-21)22(27)14-12-17-11-13-20(29-17)16-7-3-2-4-8-16/h2-11,13H,12,14-15H2,1H3,(H,24,25,28). The van der Waals surface area contributed by atoms with E-state index in [2.05, 4.69) is 9.97 Å². The highest BCUT2D eigenvalue weighted by Crippen LogP contribution is 2.22. The first kappa shape index (κ1) is 18.7. The maximum Gasteiger partial charge on any atom is 0.258 e. The number of benzene rings is 2. The number of aryl methyl sites for hydroxylation is 1. The molecule has 2 aromatic carbocycles. The van der Waals surface area contributed by atoms with E-state index in [1.54, 1.807) is 30.1 Å². The van der Waals surface area contributed by atoms with Gasteiger partial charge in [0, 0.05) is 25.5 Å². The van der Waals surface area contributed by atoms with E-state index in [0.29, 0.717) is 29.6 Å². The van der Waals surface area contributed by atoms with Gasteiger partial charge in [-0.1, -0.05) is 42.5 Å². The van der Waals surface area contributed by atoms with Crippen LogP contribution in [0.15, 0.2) is 75.9 Å². The Hall–Kier alpha value is -3.67. The highest BCUT2D eigenvalue weighted by molar-refractivity contribution is 5.78. The van der Waals surface area contributed by atoms with E-state index >= 15 is 0 Å². The third kappa shape index (κ3) is 4.27. The highest BCUT2D eigenvalue weighted by atomic mass is 16.3. The summed E-state index contributed by atoms with van der Waals surface area (Å²) in [6.07, 6.45) is 0.827. The summed E-state index contributed by atoms with van der Waals surface area (Å²) in [5, 5.41) is 0.539. The molecule has 6 heteroatoms. The van der Waals surface area contributed by atoms with Crippen LogP contribution in [0.2, 0.25) is 0 Å². The van der Waals surface area contributed by atoms with Crippen molar-refractivity contribution in [2.24, 2.45) is 0 Å². The summed E-state index contributed by atoms with van der Waals surface area (Å²) >= 11 is 0. The van der Waals surface area contributed by atoms with Crippen LogP contribution in [-0.4, -0.2) is 27.8 Å². The SMILES string of the molecule is CN(Cc1nc2ccccc2c(=O)[nH]1)C(=O)CCc1ccc(-c2ccccc2)o1. The Kier molecular flexibility index (Phi) is 5.24. The van der Waals surface area contributed by atoms with Crippen LogP contribution in [0.1, 0.15) is 18.0 Å². The number of fused-ring (bicyclic) bond motifs is 1. The van der Waals surface area contributed by atoms with Crippen LogP contribution >= 0.6 is 0 Å². The van der Waals surface area contributed by atoms with Gasteiger partial charge in [-0.2, -0.15) is 0 Å². The molecule has 1 amide bonds. The van der Waals surface area contributed by atoms with E-state index in [1.165, 1.54) is 0 Å². The van der Waals surface area contributed by atoms with Gasteiger partial charge in [0.25, 0.3) is 5.56 Å². The lowest BCUT2D eigenvalue weighted by atomic mass is 10.2. The lowest BCUT2D eigenvalue weighted by Crippen LogP contribution is -2.28. The molecule has 0 aliphatic heterocycles. The molecule has 146 valence electrons. The number of nitrogens with one attached hydrogen (secondary N) is 1. The van der Waals surface area contributed by atoms with E-state index in [0.717, 1.165) is 17.1 Å². The monoisotopic (exact) mass is 387 g/mol. The van der Waals surface area contributed by atoms with Crippen molar-refractivity contribution < 1.29 is 9.21 Å². The van der Waals surface area contributed by atoms with Gasteiger partial charge in [-0.05, 0) is 24.3 Å². The number of amides is 1. The quantitative estimate of drug-likeness (QED) is 0.546. The van der Waals surface area contributed by atoms with Crippen molar-refractivity contribution in [2.45, 2.75) is 19.4 Å². The molecule has 0 unspecified atom stereocenters. The second kappa shape index (κ2) is 8.14. The number of carbonyl (C=O) groups excluding carboxylic acids is 1. The maximum atomic E-state index is 12.5. The summed E-state index contributed by atoms with van der Waals surface area (Å²) in [6.45, 7) is 0.242. The van der Waals surface area contributed by atoms with Crippen LogP contribution in [0.3, 0.4) is 0 Å². The Balaban J connectivity index is 1.38. The summed E-state index contributed by atoms with van der Waals surface area (Å²) < 4.78 is 5.85. The fraction of sp³-hybridized carbons (Fsp3) is 0.174. The molecule has 6 nitrogen and oxygen atoms in total. The van der Waals surface area contributed by atoms with Crippen molar-refractivity contribution >= 4 is 16.8 Å². The van der Waals surface area contributed by atoms with E-state index in [-0.39, 0.29) is 18.0 Å². The Morgan fingerprint density at radius 3 is 2.62 bits per heavy atom.